The second-order valence-electron chi connectivity index (χ2n) is 5.53. The lowest BCUT2D eigenvalue weighted by Gasteiger charge is -2.21. The highest BCUT2D eigenvalue weighted by atomic mass is 15.2. The van der Waals surface area contributed by atoms with E-state index in [2.05, 4.69) is 41.2 Å². The van der Waals surface area contributed by atoms with E-state index in [4.69, 9.17) is 0 Å². The Balaban J connectivity index is 1.86. The number of unbranched alkanes of at least 4 members (excludes halogenated alkanes) is 1. The average molecular weight is 261 g/mol. The third-order valence-corrected chi connectivity index (χ3v) is 3.63. The van der Waals surface area contributed by atoms with Crippen molar-refractivity contribution in [2.75, 3.05) is 18.4 Å². The molecule has 1 aromatic rings. The summed E-state index contributed by atoms with van der Waals surface area (Å²) in [5.74, 6) is 0.997. The van der Waals surface area contributed by atoms with Crippen molar-refractivity contribution in [3.05, 3.63) is 23.9 Å². The lowest BCUT2D eigenvalue weighted by atomic mass is 10.2. The number of nitrogens with one attached hydrogen (secondary N) is 1. The molecule has 0 bridgehead atoms. The fraction of sp³-hybridized carbons (Fsp3) is 0.688. The van der Waals surface area contributed by atoms with Gasteiger partial charge in [0.15, 0.2) is 0 Å². The number of hydrogen-bond donors (Lipinski definition) is 1. The van der Waals surface area contributed by atoms with Gasteiger partial charge in [0.25, 0.3) is 0 Å². The minimum atomic E-state index is 0.837. The van der Waals surface area contributed by atoms with Crippen molar-refractivity contribution < 1.29 is 0 Å². The number of rotatable bonds is 9. The van der Waals surface area contributed by atoms with Gasteiger partial charge in [-0.2, -0.15) is 0 Å². The Morgan fingerprint density at radius 3 is 2.68 bits per heavy atom. The number of anilines is 1. The molecule has 1 aromatic heterocycles. The molecule has 0 aromatic carbocycles. The van der Waals surface area contributed by atoms with Gasteiger partial charge >= 0.3 is 0 Å². The van der Waals surface area contributed by atoms with Crippen molar-refractivity contribution in [3.8, 4) is 0 Å². The first-order valence-corrected chi connectivity index (χ1v) is 7.76. The van der Waals surface area contributed by atoms with Crippen LogP contribution in [0.15, 0.2) is 18.3 Å². The minimum absolute atomic E-state index is 0.837. The summed E-state index contributed by atoms with van der Waals surface area (Å²) >= 11 is 0. The third kappa shape index (κ3) is 4.83. The molecule has 0 unspecified atom stereocenters. The van der Waals surface area contributed by atoms with Crippen molar-refractivity contribution in [2.45, 2.75) is 58.5 Å². The molecule has 0 saturated heterocycles. The monoisotopic (exact) mass is 261 g/mol. The van der Waals surface area contributed by atoms with Gasteiger partial charge in [0, 0.05) is 25.3 Å². The van der Waals surface area contributed by atoms with Gasteiger partial charge < -0.3 is 5.32 Å². The largest absolute Gasteiger partial charge is 0.370 e. The van der Waals surface area contributed by atoms with E-state index in [-0.39, 0.29) is 0 Å². The molecule has 1 fully saturated rings. The van der Waals surface area contributed by atoms with Gasteiger partial charge in [-0.1, -0.05) is 26.3 Å². The molecule has 1 aliphatic rings. The Labute approximate surface area is 117 Å². The lowest BCUT2D eigenvalue weighted by Crippen LogP contribution is -2.26. The van der Waals surface area contributed by atoms with Gasteiger partial charge in [0.05, 0.1) is 0 Å². The Hall–Kier alpha value is -1.09. The molecule has 2 rings (SSSR count). The van der Waals surface area contributed by atoms with Crippen LogP contribution in [0.3, 0.4) is 0 Å². The summed E-state index contributed by atoms with van der Waals surface area (Å²) in [6.07, 6.45) is 8.51. The molecular weight excluding hydrogens is 234 g/mol. The molecule has 1 N–H and O–H groups in total. The van der Waals surface area contributed by atoms with E-state index >= 15 is 0 Å². The number of hydrogen-bond acceptors (Lipinski definition) is 3. The van der Waals surface area contributed by atoms with Crippen molar-refractivity contribution in [3.63, 3.8) is 0 Å². The van der Waals surface area contributed by atoms with Crippen LogP contribution in [0.4, 0.5) is 5.82 Å². The van der Waals surface area contributed by atoms with Crippen molar-refractivity contribution in [1.82, 2.24) is 9.88 Å². The third-order valence-electron chi connectivity index (χ3n) is 3.63. The molecule has 19 heavy (non-hydrogen) atoms. The second kappa shape index (κ2) is 7.49. The zero-order valence-corrected chi connectivity index (χ0v) is 12.4. The van der Waals surface area contributed by atoms with Crippen LogP contribution in [-0.4, -0.2) is 29.0 Å². The standard InChI is InChI=1S/C16H27N3/c1-3-5-11-19(15-7-8-15)13-14-6-9-16(18-12-14)17-10-4-2/h6,9,12,15H,3-5,7-8,10-11,13H2,1-2H3,(H,17,18). The zero-order chi connectivity index (χ0) is 13.5. The van der Waals surface area contributed by atoms with Crippen LogP contribution < -0.4 is 5.32 Å². The maximum Gasteiger partial charge on any atom is 0.125 e. The number of aromatic nitrogens is 1. The summed E-state index contributed by atoms with van der Waals surface area (Å²) in [6.45, 7) is 7.73. The Kier molecular flexibility index (Phi) is 5.64. The van der Waals surface area contributed by atoms with Crippen LogP contribution in [0, 0.1) is 0 Å². The van der Waals surface area contributed by atoms with Crippen LogP contribution in [0.1, 0.15) is 51.5 Å². The molecule has 0 radical (unpaired) electrons. The minimum Gasteiger partial charge on any atom is -0.370 e. The summed E-state index contributed by atoms with van der Waals surface area (Å²) in [6, 6.07) is 5.16. The second-order valence-corrected chi connectivity index (χ2v) is 5.53. The molecular formula is C16H27N3. The Bertz CT molecular complexity index is 357. The van der Waals surface area contributed by atoms with E-state index in [9.17, 15) is 0 Å². The topological polar surface area (TPSA) is 28.2 Å². The van der Waals surface area contributed by atoms with Crippen LogP contribution in [0.5, 0.6) is 0 Å². The number of pyridine rings is 1. The van der Waals surface area contributed by atoms with E-state index < -0.39 is 0 Å². The molecule has 3 nitrogen and oxygen atoms in total. The molecule has 0 amide bonds. The molecule has 1 heterocycles. The summed E-state index contributed by atoms with van der Waals surface area (Å²) < 4.78 is 0. The fourth-order valence-electron chi connectivity index (χ4n) is 2.30. The van der Waals surface area contributed by atoms with Gasteiger partial charge in [-0.05, 0) is 43.9 Å². The van der Waals surface area contributed by atoms with Gasteiger partial charge in [0.2, 0.25) is 0 Å². The zero-order valence-electron chi connectivity index (χ0n) is 12.4. The normalized spacial score (nSPS) is 14.9. The molecule has 3 heteroatoms. The summed E-state index contributed by atoms with van der Waals surface area (Å²) in [7, 11) is 0. The van der Waals surface area contributed by atoms with E-state index in [1.54, 1.807) is 0 Å². The first kappa shape index (κ1) is 14.3. The molecule has 106 valence electrons. The van der Waals surface area contributed by atoms with Crippen LogP contribution in [0.25, 0.3) is 0 Å². The van der Waals surface area contributed by atoms with E-state index in [1.807, 2.05) is 6.20 Å². The van der Waals surface area contributed by atoms with Crippen molar-refractivity contribution >= 4 is 5.82 Å². The Morgan fingerprint density at radius 2 is 2.11 bits per heavy atom. The van der Waals surface area contributed by atoms with Crippen LogP contribution in [-0.2, 0) is 6.54 Å². The molecule has 1 aliphatic carbocycles. The SMILES string of the molecule is CCCCN(Cc1ccc(NCCC)nc1)C1CC1. The van der Waals surface area contributed by atoms with Gasteiger partial charge in [-0.3, -0.25) is 4.90 Å². The van der Waals surface area contributed by atoms with Gasteiger partial charge in [-0.15, -0.1) is 0 Å². The predicted octanol–water partition coefficient (Wildman–Crippen LogP) is 3.67. The van der Waals surface area contributed by atoms with Crippen LogP contribution >= 0.6 is 0 Å². The number of nitrogens with zero attached hydrogens (tertiary/aromatic N) is 2. The van der Waals surface area contributed by atoms with Crippen molar-refractivity contribution in [2.24, 2.45) is 0 Å². The Morgan fingerprint density at radius 1 is 1.26 bits per heavy atom. The lowest BCUT2D eigenvalue weighted by molar-refractivity contribution is 0.250. The maximum absolute atomic E-state index is 4.49. The predicted molar refractivity (Wildman–Crippen MR) is 81.4 cm³/mol. The molecule has 0 atom stereocenters. The van der Waals surface area contributed by atoms with Gasteiger partial charge in [-0.25, -0.2) is 4.98 Å². The highest BCUT2D eigenvalue weighted by Gasteiger charge is 2.28. The quantitative estimate of drug-likeness (QED) is 0.735. The van der Waals surface area contributed by atoms with E-state index in [0.29, 0.717) is 0 Å². The molecule has 1 saturated carbocycles. The first-order valence-electron chi connectivity index (χ1n) is 7.76. The first-order chi connectivity index (χ1) is 9.33. The van der Waals surface area contributed by atoms with Gasteiger partial charge in [0.1, 0.15) is 5.82 Å². The highest BCUT2D eigenvalue weighted by Crippen LogP contribution is 2.28. The smallest absolute Gasteiger partial charge is 0.125 e. The van der Waals surface area contributed by atoms with Crippen molar-refractivity contribution in [1.29, 1.82) is 0 Å². The molecule has 0 spiro atoms. The van der Waals surface area contributed by atoms with Crippen LogP contribution in [0.2, 0.25) is 0 Å². The summed E-state index contributed by atoms with van der Waals surface area (Å²) in [5, 5.41) is 3.32. The van der Waals surface area contributed by atoms with E-state index in [0.717, 1.165) is 31.4 Å². The fourth-order valence-corrected chi connectivity index (χ4v) is 2.30. The highest BCUT2D eigenvalue weighted by molar-refractivity contribution is 5.35. The summed E-state index contributed by atoms with van der Waals surface area (Å²) in [5.41, 5.74) is 1.34. The maximum atomic E-state index is 4.49. The summed E-state index contributed by atoms with van der Waals surface area (Å²) in [4.78, 5) is 7.12. The molecule has 0 aliphatic heterocycles. The van der Waals surface area contributed by atoms with E-state index in [1.165, 1.54) is 37.8 Å². The average Bonchev–Trinajstić information content (AvgIpc) is 3.27.